The van der Waals surface area contributed by atoms with Crippen molar-refractivity contribution in [3.05, 3.63) is 46.9 Å². The van der Waals surface area contributed by atoms with Gasteiger partial charge in [0, 0.05) is 11.6 Å². The average Bonchev–Trinajstić information content (AvgIpc) is 2.99. The third kappa shape index (κ3) is 2.12. The van der Waals surface area contributed by atoms with E-state index in [0.717, 1.165) is 16.2 Å². The van der Waals surface area contributed by atoms with Crippen molar-refractivity contribution in [1.29, 1.82) is 0 Å². The zero-order valence-electron chi connectivity index (χ0n) is 11.2. The van der Waals surface area contributed by atoms with Crippen LogP contribution in [0.5, 0.6) is 5.88 Å². The Bertz CT molecular complexity index is 730. The number of thiazole rings is 1. The quantitative estimate of drug-likeness (QED) is 0.800. The number of fused-ring (bicyclic) bond motifs is 1. The lowest BCUT2D eigenvalue weighted by Crippen LogP contribution is -2.06. The maximum atomic E-state index is 13.8. The monoisotopic (exact) mass is 291 g/mol. The summed E-state index contributed by atoms with van der Waals surface area (Å²) in [5.74, 6) is 0.313. The number of hydrogen-bond acceptors (Lipinski definition) is 4. The first-order valence-corrected chi connectivity index (χ1v) is 7.06. The predicted molar refractivity (Wildman–Crippen MR) is 78.1 cm³/mol. The summed E-state index contributed by atoms with van der Waals surface area (Å²) in [5.41, 5.74) is 2.26. The van der Waals surface area contributed by atoms with E-state index in [9.17, 15) is 4.39 Å². The summed E-state index contributed by atoms with van der Waals surface area (Å²) < 4.78 is 21.0. The van der Waals surface area contributed by atoms with Crippen molar-refractivity contribution in [2.45, 2.75) is 13.5 Å². The molecule has 104 valence electrons. The highest BCUT2D eigenvalue weighted by Crippen LogP contribution is 2.25. The molecule has 1 aromatic carbocycles. The van der Waals surface area contributed by atoms with Crippen LogP contribution in [0.2, 0.25) is 0 Å². The maximum absolute atomic E-state index is 13.8. The van der Waals surface area contributed by atoms with Crippen molar-refractivity contribution in [3.63, 3.8) is 0 Å². The fraction of sp³-hybridized carbons (Fsp3) is 0.214. The van der Waals surface area contributed by atoms with Gasteiger partial charge in [-0.15, -0.1) is 11.3 Å². The number of nitrogens with one attached hydrogen (secondary N) is 1. The van der Waals surface area contributed by atoms with E-state index in [2.05, 4.69) is 10.3 Å². The van der Waals surface area contributed by atoms with Crippen LogP contribution in [0, 0.1) is 12.7 Å². The van der Waals surface area contributed by atoms with Crippen molar-refractivity contribution in [2.75, 3.05) is 12.4 Å². The minimum atomic E-state index is -0.255. The van der Waals surface area contributed by atoms with Crippen LogP contribution in [-0.2, 0) is 6.54 Å². The third-order valence-electron chi connectivity index (χ3n) is 3.17. The van der Waals surface area contributed by atoms with Crippen LogP contribution < -0.4 is 10.1 Å². The number of imidazole rings is 1. The fourth-order valence-electron chi connectivity index (χ4n) is 2.16. The summed E-state index contributed by atoms with van der Waals surface area (Å²) in [6, 6.07) is 5.02. The molecule has 0 aliphatic rings. The number of para-hydroxylation sites is 1. The second-order valence-electron chi connectivity index (χ2n) is 4.41. The Kier molecular flexibility index (Phi) is 3.31. The van der Waals surface area contributed by atoms with E-state index >= 15 is 0 Å². The van der Waals surface area contributed by atoms with E-state index in [-0.39, 0.29) is 5.82 Å². The Morgan fingerprint density at radius 3 is 3.05 bits per heavy atom. The van der Waals surface area contributed by atoms with Crippen molar-refractivity contribution in [3.8, 4) is 5.88 Å². The summed E-state index contributed by atoms with van der Waals surface area (Å²) in [6.07, 6.45) is 1.93. The Hall–Kier alpha value is -2.08. The standard InChI is InChI=1S/C14H14FN3OS/c1-9-4-3-5-10(15)12(9)16-8-11-13(19-2)17-14-18(11)6-7-20-14/h3-7,16H,8H2,1-2H3. The van der Waals surface area contributed by atoms with Gasteiger partial charge in [-0.2, -0.15) is 4.98 Å². The first-order valence-electron chi connectivity index (χ1n) is 6.18. The largest absolute Gasteiger partial charge is 0.480 e. The van der Waals surface area contributed by atoms with Crippen molar-refractivity contribution in [1.82, 2.24) is 9.38 Å². The summed E-state index contributed by atoms with van der Waals surface area (Å²) in [4.78, 5) is 5.24. The van der Waals surface area contributed by atoms with E-state index in [0.29, 0.717) is 18.1 Å². The Labute approximate surface area is 119 Å². The number of rotatable bonds is 4. The lowest BCUT2D eigenvalue weighted by atomic mass is 10.2. The smallest absolute Gasteiger partial charge is 0.238 e. The first-order chi connectivity index (χ1) is 9.70. The van der Waals surface area contributed by atoms with Gasteiger partial charge in [-0.05, 0) is 18.6 Å². The topological polar surface area (TPSA) is 38.6 Å². The molecule has 3 aromatic rings. The zero-order valence-corrected chi connectivity index (χ0v) is 12.0. The number of benzene rings is 1. The molecule has 3 rings (SSSR count). The van der Waals surface area contributed by atoms with Gasteiger partial charge in [0.05, 0.1) is 19.3 Å². The van der Waals surface area contributed by atoms with Crippen LogP contribution in [0.1, 0.15) is 11.3 Å². The molecule has 2 heterocycles. The SMILES string of the molecule is COc1nc2sccn2c1CNc1c(C)cccc1F. The number of methoxy groups -OCH3 is 1. The number of anilines is 1. The molecule has 0 radical (unpaired) electrons. The summed E-state index contributed by atoms with van der Waals surface area (Å²) in [5, 5.41) is 5.09. The molecule has 0 aliphatic carbocycles. The van der Waals surface area contributed by atoms with E-state index in [1.54, 1.807) is 13.2 Å². The summed E-state index contributed by atoms with van der Waals surface area (Å²) in [7, 11) is 1.59. The molecule has 0 fully saturated rings. The van der Waals surface area contributed by atoms with E-state index in [1.807, 2.05) is 29.0 Å². The van der Waals surface area contributed by atoms with Gasteiger partial charge in [0.2, 0.25) is 5.88 Å². The van der Waals surface area contributed by atoms with Crippen LogP contribution >= 0.6 is 11.3 Å². The first kappa shape index (κ1) is 12.9. The Morgan fingerprint density at radius 2 is 2.30 bits per heavy atom. The lowest BCUT2D eigenvalue weighted by Gasteiger charge is -2.10. The van der Waals surface area contributed by atoms with Crippen LogP contribution in [0.3, 0.4) is 0 Å². The second-order valence-corrected chi connectivity index (χ2v) is 5.28. The molecule has 0 aliphatic heterocycles. The van der Waals surface area contributed by atoms with Gasteiger partial charge in [0.15, 0.2) is 4.96 Å². The number of aryl methyl sites for hydroxylation is 1. The van der Waals surface area contributed by atoms with E-state index in [1.165, 1.54) is 17.4 Å². The van der Waals surface area contributed by atoms with E-state index < -0.39 is 0 Å². The van der Waals surface area contributed by atoms with Gasteiger partial charge >= 0.3 is 0 Å². The highest BCUT2D eigenvalue weighted by molar-refractivity contribution is 7.15. The van der Waals surface area contributed by atoms with Gasteiger partial charge < -0.3 is 10.1 Å². The molecule has 0 unspecified atom stereocenters. The van der Waals surface area contributed by atoms with Gasteiger partial charge in [0.1, 0.15) is 11.5 Å². The van der Waals surface area contributed by atoms with Gasteiger partial charge in [-0.1, -0.05) is 12.1 Å². The van der Waals surface area contributed by atoms with Crippen LogP contribution in [-0.4, -0.2) is 16.5 Å². The number of ether oxygens (including phenoxy) is 1. The zero-order chi connectivity index (χ0) is 14.1. The van der Waals surface area contributed by atoms with Gasteiger partial charge in [-0.3, -0.25) is 4.40 Å². The maximum Gasteiger partial charge on any atom is 0.238 e. The number of hydrogen-bond donors (Lipinski definition) is 1. The lowest BCUT2D eigenvalue weighted by molar-refractivity contribution is 0.395. The Morgan fingerprint density at radius 1 is 1.45 bits per heavy atom. The fourth-order valence-corrected chi connectivity index (χ4v) is 2.89. The van der Waals surface area contributed by atoms with Gasteiger partial charge in [-0.25, -0.2) is 4.39 Å². The van der Waals surface area contributed by atoms with Crippen molar-refractivity contribution >= 4 is 22.0 Å². The highest BCUT2D eigenvalue weighted by Gasteiger charge is 2.14. The molecular formula is C14H14FN3OS. The molecule has 0 bridgehead atoms. The number of aromatic nitrogens is 2. The van der Waals surface area contributed by atoms with Crippen LogP contribution in [0.25, 0.3) is 4.96 Å². The number of nitrogens with zero attached hydrogens (tertiary/aromatic N) is 2. The molecular weight excluding hydrogens is 277 g/mol. The highest BCUT2D eigenvalue weighted by atomic mass is 32.1. The molecule has 20 heavy (non-hydrogen) atoms. The van der Waals surface area contributed by atoms with Crippen LogP contribution in [0.15, 0.2) is 29.8 Å². The third-order valence-corrected chi connectivity index (χ3v) is 3.93. The molecule has 0 saturated heterocycles. The summed E-state index contributed by atoms with van der Waals surface area (Å²) >= 11 is 1.54. The Balaban J connectivity index is 1.92. The second kappa shape index (κ2) is 5.13. The predicted octanol–water partition coefficient (Wildman–Crippen LogP) is 3.46. The molecule has 0 saturated carbocycles. The minimum Gasteiger partial charge on any atom is -0.480 e. The minimum absolute atomic E-state index is 0.255. The normalized spacial score (nSPS) is 10.9. The molecule has 6 heteroatoms. The molecule has 2 aromatic heterocycles. The molecule has 0 spiro atoms. The molecule has 0 amide bonds. The molecule has 0 atom stereocenters. The summed E-state index contributed by atoms with van der Waals surface area (Å²) in [6.45, 7) is 2.32. The van der Waals surface area contributed by atoms with Crippen molar-refractivity contribution in [2.24, 2.45) is 0 Å². The van der Waals surface area contributed by atoms with Crippen molar-refractivity contribution < 1.29 is 9.13 Å². The van der Waals surface area contributed by atoms with Crippen LogP contribution in [0.4, 0.5) is 10.1 Å². The molecule has 1 N–H and O–H groups in total. The van der Waals surface area contributed by atoms with E-state index in [4.69, 9.17) is 4.74 Å². The number of halogens is 1. The average molecular weight is 291 g/mol. The molecule has 4 nitrogen and oxygen atoms in total. The van der Waals surface area contributed by atoms with Gasteiger partial charge in [0.25, 0.3) is 0 Å².